The molecule has 130 valence electrons. The summed E-state index contributed by atoms with van der Waals surface area (Å²) in [6.45, 7) is 4.83. The third-order valence-electron chi connectivity index (χ3n) is 8.54. The third-order valence-corrected chi connectivity index (χ3v) is 8.54. The van der Waals surface area contributed by atoms with Crippen molar-refractivity contribution in [3.63, 3.8) is 0 Å². The number of carbonyl (C=O) groups excluding carboxylic acids is 1. The molecule has 23 heavy (non-hydrogen) atoms. The Morgan fingerprint density at radius 3 is 2.57 bits per heavy atom. The Hall–Kier alpha value is -0.410. The highest BCUT2D eigenvalue weighted by Crippen LogP contribution is 2.65. The monoisotopic (exact) mass is 320 g/mol. The Labute approximate surface area is 140 Å². The summed E-state index contributed by atoms with van der Waals surface area (Å²) in [4.78, 5) is 12.1. The van der Waals surface area contributed by atoms with Gasteiger partial charge in [0.1, 0.15) is 5.78 Å². The maximum Gasteiger partial charge on any atom is 0.133 e. The van der Waals surface area contributed by atoms with Gasteiger partial charge in [-0.25, -0.2) is 0 Å². The summed E-state index contributed by atoms with van der Waals surface area (Å²) in [6, 6.07) is 0. The van der Waals surface area contributed by atoms with Gasteiger partial charge in [-0.05, 0) is 73.0 Å². The number of methoxy groups -OCH3 is 1. The molecule has 4 aliphatic carbocycles. The Bertz CT molecular complexity index is 503. The van der Waals surface area contributed by atoms with Crippen LogP contribution < -0.4 is 0 Å². The molecule has 0 aliphatic heterocycles. The van der Waals surface area contributed by atoms with E-state index >= 15 is 0 Å². The van der Waals surface area contributed by atoms with Crippen LogP contribution in [0.2, 0.25) is 0 Å². The van der Waals surface area contributed by atoms with Crippen molar-refractivity contribution in [3.8, 4) is 0 Å². The van der Waals surface area contributed by atoms with E-state index in [1.165, 1.54) is 19.3 Å². The zero-order chi connectivity index (χ0) is 16.4. The fraction of sp³-hybridized carbons (Fsp3) is 0.950. The second-order valence-electron chi connectivity index (χ2n) is 9.49. The number of ketones is 1. The van der Waals surface area contributed by atoms with Crippen LogP contribution in [0.4, 0.5) is 0 Å². The molecule has 4 rings (SSSR count). The Kier molecular flexibility index (Phi) is 3.70. The van der Waals surface area contributed by atoms with Crippen molar-refractivity contribution in [2.24, 2.45) is 34.5 Å². The van der Waals surface area contributed by atoms with Gasteiger partial charge in [-0.3, -0.25) is 4.79 Å². The molecule has 0 bridgehead atoms. The van der Waals surface area contributed by atoms with Crippen molar-refractivity contribution in [1.82, 2.24) is 0 Å². The fourth-order valence-corrected chi connectivity index (χ4v) is 7.39. The molecule has 8 atom stereocenters. The average molecular weight is 320 g/mol. The van der Waals surface area contributed by atoms with Gasteiger partial charge in [-0.2, -0.15) is 0 Å². The minimum absolute atomic E-state index is 0.00761. The van der Waals surface area contributed by atoms with Gasteiger partial charge in [0.2, 0.25) is 0 Å². The Morgan fingerprint density at radius 1 is 1.04 bits per heavy atom. The van der Waals surface area contributed by atoms with Crippen LogP contribution in [-0.4, -0.2) is 30.2 Å². The largest absolute Gasteiger partial charge is 0.390 e. The minimum Gasteiger partial charge on any atom is -0.390 e. The van der Waals surface area contributed by atoms with E-state index in [2.05, 4.69) is 13.8 Å². The van der Waals surface area contributed by atoms with Crippen molar-refractivity contribution in [2.75, 3.05) is 7.11 Å². The molecule has 4 fully saturated rings. The van der Waals surface area contributed by atoms with E-state index in [0.717, 1.165) is 38.0 Å². The predicted octanol–water partition coefficient (Wildman–Crippen LogP) is 3.58. The van der Waals surface area contributed by atoms with Crippen LogP contribution in [0, 0.1) is 34.5 Å². The first kappa shape index (κ1) is 16.1. The molecule has 0 saturated heterocycles. The van der Waals surface area contributed by atoms with E-state index in [4.69, 9.17) is 4.74 Å². The van der Waals surface area contributed by atoms with Crippen LogP contribution in [0.3, 0.4) is 0 Å². The number of hydrogen-bond acceptors (Lipinski definition) is 3. The quantitative estimate of drug-likeness (QED) is 0.803. The summed E-state index contributed by atoms with van der Waals surface area (Å²) < 4.78 is 5.74. The summed E-state index contributed by atoms with van der Waals surface area (Å²) in [5.74, 6) is 3.03. The summed E-state index contributed by atoms with van der Waals surface area (Å²) in [5.41, 5.74) is 0.562. The minimum atomic E-state index is -0.295. The average Bonchev–Trinajstić information content (AvgIpc) is 2.82. The Morgan fingerprint density at radius 2 is 1.83 bits per heavy atom. The SMILES string of the molecule is CO[C@H]1[C@H]2CC[C@@H]3[C@H]4CC(=O)C[C@]4(C)CC[C@H]3[C@]2(C)CC[C@@H]1O. The van der Waals surface area contributed by atoms with Crippen molar-refractivity contribution in [2.45, 2.75) is 77.4 Å². The molecule has 3 nitrogen and oxygen atoms in total. The standard InChI is InChI=1S/C20H32O3/c1-19-8-6-14-13(16(19)10-12(21)11-19)4-5-15-18(23-3)17(22)7-9-20(14,15)2/h13-18,22H,4-11H2,1-3H3/t13-,14+,15+,16+,17-,18-,19-,20-/m0/s1. The first-order valence-corrected chi connectivity index (χ1v) is 9.61. The second-order valence-corrected chi connectivity index (χ2v) is 9.49. The van der Waals surface area contributed by atoms with Crippen molar-refractivity contribution < 1.29 is 14.6 Å². The van der Waals surface area contributed by atoms with E-state index < -0.39 is 0 Å². The topological polar surface area (TPSA) is 46.5 Å². The lowest BCUT2D eigenvalue weighted by atomic mass is 9.45. The zero-order valence-electron chi connectivity index (χ0n) is 14.9. The number of aliphatic hydroxyl groups is 1. The van der Waals surface area contributed by atoms with E-state index in [1.54, 1.807) is 7.11 Å². The van der Waals surface area contributed by atoms with Crippen molar-refractivity contribution in [1.29, 1.82) is 0 Å². The maximum absolute atomic E-state index is 12.1. The molecule has 4 saturated carbocycles. The molecule has 1 N–H and O–H groups in total. The molecule has 0 spiro atoms. The van der Waals surface area contributed by atoms with Crippen LogP contribution in [0.15, 0.2) is 0 Å². The molecule has 0 unspecified atom stereocenters. The van der Waals surface area contributed by atoms with Gasteiger partial charge < -0.3 is 9.84 Å². The fourth-order valence-electron chi connectivity index (χ4n) is 7.39. The van der Waals surface area contributed by atoms with Crippen LogP contribution >= 0.6 is 0 Å². The summed E-state index contributed by atoms with van der Waals surface area (Å²) in [7, 11) is 1.76. The Balaban J connectivity index is 1.64. The van der Waals surface area contributed by atoms with Crippen LogP contribution in [-0.2, 0) is 9.53 Å². The highest BCUT2D eigenvalue weighted by molar-refractivity contribution is 5.82. The number of carbonyl (C=O) groups is 1. The lowest BCUT2D eigenvalue weighted by Gasteiger charge is -2.61. The van der Waals surface area contributed by atoms with Gasteiger partial charge in [0.25, 0.3) is 0 Å². The second kappa shape index (κ2) is 5.29. The smallest absolute Gasteiger partial charge is 0.133 e. The molecular formula is C20H32O3. The first-order chi connectivity index (χ1) is 10.9. The third kappa shape index (κ3) is 2.18. The number of ether oxygens (including phenoxy) is 1. The summed E-state index contributed by atoms with van der Waals surface area (Å²) in [5, 5.41) is 10.4. The lowest BCUT2D eigenvalue weighted by molar-refractivity contribution is -0.179. The number of fused-ring (bicyclic) bond motifs is 5. The molecule has 4 aliphatic rings. The maximum atomic E-state index is 12.1. The van der Waals surface area contributed by atoms with E-state index in [-0.39, 0.29) is 23.0 Å². The van der Waals surface area contributed by atoms with Gasteiger partial charge in [-0.15, -0.1) is 0 Å². The molecular weight excluding hydrogens is 288 g/mol. The van der Waals surface area contributed by atoms with Crippen LogP contribution in [0.25, 0.3) is 0 Å². The van der Waals surface area contributed by atoms with Gasteiger partial charge in [0.15, 0.2) is 0 Å². The molecule has 0 aromatic heterocycles. The van der Waals surface area contributed by atoms with Gasteiger partial charge in [0, 0.05) is 20.0 Å². The van der Waals surface area contributed by atoms with Crippen molar-refractivity contribution >= 4 is 5.78 Å². The zero-order valence-corrected chi connectivity index (χ0v) is 14.9. The summed E-state index contributed by atoms with van der Waals surface area (Å²) >= 11 is 0. The number of hydrogen-bond donors (Lipinski definition) is 1. The predicted molar refractivity (Wildman–Crippen MR) is 88.9 cm³/mol. The summed E-state index contributed by atoms with van der Waals surface area (Å²) in [6.07, 6.45) is 8.23. The van der Waals surface area contributed by atoms with E-state index in [1.807, 2.05) is 0 Å². The highest BCUT2D eigenvalue weighted by atomic mass is 16.5. The number of Topliss-reactive ketones (excluding diaryl/α,β-unsaturated/α-hetero) is 1. The number of aliphatic hydroxyl groups excluding tert-OH is 1. The lowest BCUT2D eigenvalue weighted by Crippen LogP contribution is -2.58. The molecule has 0 radical (unpaired) electrons. The van der Waals surface area contributed by atoms with Gasteiger partial charge in [-0.1, -0.05) is 13.8 Å². The van der Waals surface area contributed by atoms with E-state index in [9.17, 15) is 9.90 Å². The first-order valence-electron chi connectivity index (χ1n) is 9.61. The molecule has 0 aromatic rings. The normalized spacial score (nSPS) is 55.9. The molecule has 0 heterocycles. The number of rotatable bonds is 1. The van der Waals surface area contributed by atoms with Gasteiger partial charge in [0.05, 0.1) is 12.2 Å². The molecule has 0 aromatic carbocycles. The highest BCUT2D eigenvalue weighted by Gasteiger charge is 2.61. The van der Waals surface area contributed by atoms with E-state index in [0.29, 0.717) is 23.5 Å². The molecule has 3 heteroatoms. The van der Waals surface area contributed by atoms with Crippen LogP contribution in [0.5, 0.6) is 0 Å². The van der Waals surface area contributed by atoms with Crippen molar-refractivity contribution in [3.05, 3.63) is 0 Å². The van der Waals surface area contributed by atoms with Crippen LogP contribution in [0.1, 0.15) is 65.2 Å². The molecule has 0 amide bonds. The van der Waals surface area contributed by atoms with Gasteiger partial charge >= 0.3 is 0 Å².